The normalized spacial score (nSPS) is 16.7. The minimum atomic E-state index is -0.345. The number of amides is 2. The lowest BCUT2D eigenvalue weighted by molar-refractivity contribution is -0.147. The van der Waals surface area contributed by atoms with Gasteiger partial charge in [0.15, 0.2) is 0 Å². The Morgan fingerprint density at radius 3 is 2.47 bits per heavy atom. The van der Waals surface area contributed by atoms with Crippen LogP contribution in [0.1, 0.15) is 39.1 Å². The molecule has 2 aliphatic rings. The second-order valence-corrected chi connectivity index (χ2v) is 10.5. The van der Waals surface area contributed by atoms with Crippen molar-refractivity contribution >= 4 is 61.3 Å². The fourth-order valence-corrected chi connectivity index (χ4v) is 6.57. The molecule has 0 spiro atoms. The molecule has 192 valence electrons. The molecular weight excluding hydrogens is 480 g/mol. The van der Waals surface area contributed by atoms with Crippen molar-refractivity contribution in [3.63, 3.8) is 0 Å². The Balaban J connectivity index is 1.36. The fourth-order valence-electron chi connectivity index (χ4n) is 6.57. The minimum absolute atomic E-state index is 0.00619. The van der Waals surface area contributed by atoms with Gasteiger partial charge in [0.2, 0.25) is 0 Å². The number of carbonyl (C=O) groups is 3. The summed E-state index contributed by atoms with van der Waals surface area (Å²) in [4.78, 5) is 44.2. The van der Waals surface area contributed by atoms with E-state index in [1.165, 1.54) is 12.7 Å². The number of aromatic amines is 1. The van der Waals surface area contributed by atoms with Gasteiger partial charge in [0.05, 0.1) is 35.2 Å². The van der Waals surface area contributed by atoms with Gasteiger partial charge < -0.3 is 19.2 Å². The maximum atomic E-state index is 13.2. The number of likely N-dealkylation sites (tertiary alicyclic amines) is 1. The van der Waals surface area contributed by atoms with Crippen LogP contribution in [0.3, 0.4) is 0 Å². The number of ether oxygens (including phenoxy) is 1. The number of aryl methyl sites for hydroxylation is 1. The van der Waals surface area contributed by atoms with Gasteiger partial charge in [-0.1, -0.05) is 30.3 Å². The number of benzene rings is 3. The third kappa shape index (κ3) is 3.23. The molecule has 3 aromatic carbocycles. The molecule has 5 aromatic rings. The van der Waals surface area contributed by atoms with Crippen molar-refractivity contribution in [2.75, 3.05) is 26.7 Å². The first-order valence-corrected chi connectivity index (χ1v) is 13.1. The first kappa shape index (κ1) is 23.0. The number of piperidine rings is 1. The van der Waals surface area contributed by atoms with E-state index in [9.17, 15) is 14.4 Å². The summed E-state index contributed by atoms with van der Waals surface area (Å²) in [7, 11) is 3.42. The van der Waals surface area contributed by atoms with Crippen LogP contribution in [0, 0.1) is 5.92 Å². The molecule has 2 amide bonds. The Morgan fingerprint density at radius 2 is 1.71 bits per heavy atom. The Bertz CT molecular complexity index is 1820. The number of fused-ring (bicyclic) bond motifs is 10. The third-order valence-corrected chi connectivity index (χ3v) is 8.48. The first-order valence-electron chi connectivity index (χ1n) is 13.1. The van der Waals surface area contributed by atoms with Gasteiger partial charge in [-0.3, -0.25) is 19.7 Å². The average Bonchev–Trinajstić information content (AvgIpc) is 3.60. The predicted octanol–water partition coefficient (Wildman–Crippen LogP) is 4.28. The number of H-pyrrole nitrogens is 1. The number of carbonyl (C=O) groups excluding carboxylic acids is 3. The maximum absolute atomic E-state index is 13.2. The van der Waals surface area contributed by atoms with Crippen LogP contribution in [-0.2, 0) is 23.0 Å². The van der Waals surface area contributed by atoms with Gasteiger partial charge in [-0.2, -0.15) is 0 Å². The Kier molecular flexibility index (Phi) is 5.10. The zero-order valence-corrected chi connectivity index (χ0v) is 21.4. The summed E-state index contributed by atoms with van der Waals surface area (Å²) in [6, 6.07) is 12.3. The molecule has 2 N–H and O–H groups in total. The monoisotopic (exact) mass is 508 g/mol. The van der Waals surface area contributed by atoms with Crippen molar-refractivity contribution in [2.24, 2.45) is 13.0 Å². The van der Waals surface area contributed by atoms with Crippen LogP contribution >= 0.6 is 0 Å². The van der Waals surface area contributed by atoms with E-state index in [2.05, 4.69) is 33.4 Å². The third-order valence-electron chi connectivity index (χ3n) is 8.48. The van der Waals surface area contributed by atoms with Gasteiger partial charge >= 0.3 is 5.97 Å². The zero-order valence-electron chi connectivity index (χ0n) is 21.4. The SMILES string of the molecule is COC(=O)C1CCN(CCc2cccc3c2[nH]c2c4ccc5ccn(C)c5c4c4c(c32)C(=O)NC4=O)CC1. The number of methoxy groups -OCH3 is 1. The molecule has 38 heavy (non-hydrogen) atoms. The van der Waals surface area contributed by atoms with Crippen LogP contribution in [0.5, 0.6) is 0 Å². The van der Waals surface area contributed by atoms with Crippen molar-refractivity contribution in [2.45, 2.75) is 19.3 Å². The Labute approximate surface area is 218 Å². The molecular formula is C30H28N4O4. The molecule has 8 nitrogen and oxygen atoms in total. The van der Waals surface area contributed by atoms with E-state index in [-0.39, 0.29) is 23.7 Å². The number of aromatic nitrogens is 2. The Morgan fingerprint density at radius 1 is 0.974 bits per heavy atom. The number of nitrogens with one attached hydrogen (secondary N) is 2. The molecule has 2 aromatic heterocycles. The maximum Gasteiger partial charge on any atom is 0.308 e. The first-order chi connectivity index (χ1) is 18.5. The van der Waals surface area contributed by atoms with Gasteiger partial charge in [-0.05, 0) is 44.0 Å². The Hall–Kier alpha value is -4.17. The van der Waals surface area contributed by atoms with Gasteiger partial charge in [0.1, 0.15) is 0 Å². The number of hydrogen-bond donors (Lipinski definition) is 2. The standard InChI is InChI=1S/C30H28N4O4/c1-33-12-8-17-6-7-20-22(27(17)33)24-23(28(35)32-29(24)36)21-19-5-3-4-16(25(19)31-26(20)21)9-13-34-14-10-18(11-15-34)30(37)38-2/h3-8,12,18,31H,9-11,13-15H2,1-2H3,(H,32,35,36). The summed E-state index contributed by atoms with van der Waals surface area (Å²) >= 11 is 0. The van der Waals surface area contributed by atoms with Gasteiger partial charge in [0, 0.05) is 52.2 Å². The largest absolute Gasteiger partial charge is 0.469 e. The molecule has 8 heteroatoms. The highest BCUT2D eigenvalue weighted by atomic mass is 16.5. The second-order valence-electron chi connectivity index (χ2n) is 10.5. The molecule has 2 aliphatic heterocycles. The molecule has 0 radical (unpaired) electrons. The van der Waals surface area contributed by atoms with Crippen molar-refractivity contribution < 1.29 is 19.1 Å². The molecule has 0 atom stereocenters. The molecule has 1 saturated heterocycles. The quantitative estimate of drug-likeness (QED) is 0.279. The number of nitrogens with zero attached hydrogens (tertiary/aromatic N) is 2. The van der Waals surface area contributed by atoms with Crippen molar-refractivity contribution in [1.29, 1.82) is 0 Å². The van der Waals surface area contributed by atoms with Crippen LogP contribution in [0.4, 0.5) is 0 Å². The zero-order chi connectivity index (χ0) is 26.1. The van der Waals surface area contributed by atoms with Crippen LogP contribution in [0.2, 0.25) is 0 Å². The summed E-state index contributed by atoms with van der Waals surface area (Å²) in [6.07, 6.45) is 4.45. The summed E-state index contributed by atoms with van der Waals surface area (Å²) in [6.45, 7) is 2.62. The number of para-hydroxylation sites is 1. The van der Waals surface area contributed by atoms with E-state index >= 15 is 0 Å². The molecule has 1 fully saturated rings. The van der Waals surface area contributed by atoms with Crippen molar-refractivity contribution in [3.8, 4) is 0 Å². The number of hydrogen-bond acceptors (Lipinski definition) is 5. The smallest absolute Gasteiger partial charge is 0.308 e. The molecule has 0 saturated carbocycles. The van der Waals surface area contributed by atoms with Crippen LogP contribution < -0.4 is 5.32 Å². The molecule has 0 aliphatic carbocycles. The van der Waals surface area contributed by atoms with E-state index in [0.29, 0.717) is 11.1 Å². The highest BCUT2D eigenvalue weighted by Gasteiger charge is 2.34. The second kappa shape index (κ2) is 8.43. The molecule has 7 rings (SSSR count). The summed E-state index contributed by atoms with van der Waals surface area (Å²) in [5.74, 6) is -0.801. The summed E-state index contributed by atoms with van der Waals surface area (Å²) < 4.78 is 6.93. The van der Waals surface area contributed by atoms with Crippen molar-refractivity contribution in [1.82, 2.24) is 19.8 Å². The van der Waals surface area contributed by atoms with Crippen LogP contribution in [0.15, 0.2) is 42.6 Å². The highest BCUT2D eigenvalue weighted by molar-refractivity contribution is 6.39. The molecule has 4 heterocycles. The van der Waals surface area contributed by atoms with Crippen LogP contribution in [0.25, 0.3) is 43.5 Å². The van der Waals surface area contributed by atoms with Gasteiger partial charge in [0.25, 0.3) is 11.8 Å². The average molecular weight is 509 g/mol. The van der Waals surface area contributed by atoms with E-state index in [0.717, 1.165) is 82.4 Å². The van der Waals surface area contributed by atoms with Gasteiger partial charge in [-0.25, -0.2) is 0 Å². The lowest BCUT2D eigenvalue weighted by Crippen LogP contribution is -2.37. The number of esters is 1. The van der Waals surface area contributed by atoms with Gasteiger partial charge in [-0.15, -0.1) is 0 Å². The number of imide groups is 1. The van der Waals surface area contributed by atoms with E-state index in [4.69, 9.17) is 4.74 Å². The van der Waals surface area contributed by atoms with E-state index < -0.39 is 0 Å². The van der Waals surface area contributed by atoms with Crippen molar-refractivity contribution in [3.05, 3.63) is 59.3 Å². The highest BCUT2D eigenvalue weighted by Crippen LogP contribution is 2.42. The minimum Gasteiger partial charge on any atom is -0.469 e. The number of rotatable bonds is 4. The lowest BCUT2D eigenvalue weighted by atomic mass is 9.93. The topological polar surface area (TPSA) is 96.4 Å². The van der Waals surface area contributed by atoms with E-state index in [1.54, 1.807) is 0 Å². The molecule has 0 bridgehead atoms. The molecule has 0 unspecified atom stereocenters. The lowest BCUT2D eigenvalue weighted by Gasteiger charge is -2.30. The predicted molar refractivity (Wildman–Crippen MR) is 146 cm³/mol. The fraction of sp³-hybridized carbons (Fsp3) is 0.300. The van der Waals surface area contributed by atoms with Crippen LogP contribution in [-0.4, -0.2) is 59.0 Å². The summed E-state index contributed by atoms with van der Waals surface area (Å²) in [5.41, 5.74) is 4.91. The summed E-state index contributed by atoms with van der Waals surface area (Å²) in [5, 5.41) is 7.09. The van der Waals surface area contributed by atoms with E-state index in [1.807, 2.05) is 36.0 Å².